The number of aliphatic hydroxyl groups excluding tert-OH is 1. The highest BCUT2D eigenvalue weighted by molar-refractivity contribution is 5.91. The zero-order valence-corrected chi connectivity index (χ0v) is 13.2. The second-order valence-corrected chi connectivity index (χ2v) is 4.99. The van der Waals surface area contributed by atoms with Crippen molar-refractivity contribution < 1.29 is 14.6 Å². The van der Waals surface area contributed by atoms with E-state index in [1.165, 1.54) is 0 Å². The van der Waals surface area contributed by atoms with Crippen molar-refractivity contribution in [1.82, 2.24) is 4.90 Å². The number of urea groups is 1. The molecule has 0 spiro atoms. The molecule has 1 aromatic carbocycles. The minimum Gasteiger partial charge on any atom is -0.491 e. The molecule has 0 aliphatic rings. The van der Waals surface area contributed by atoms with Crippen LogP contribution in [0.2, 0.25) is 0 Å². The quantitative estimate of drug-likeness (QED) is 0.774. The molecule has 118 valence electrons. The molecule has 5 heteroatoms. The lowest BCUT2D eigenvalue weighted by atomic mass is 10.2. The number of aryl methyl sites for hydroxylation is 1. The second kappa shape index (κ2) is 9.23. The van der Waals surface area contributed by atoms with Crippen LogP contribution < -0.4 is 10.1 Å². The van der Waals surface area contributed by atoms with E-state index >= 15 is 0 Å². The van der Waals surface area contributed by atoms with E-state index in [1.807, 2.05) is 39.0 Å². The van der Waals surface area contributed by atoms with Crippen molar-refractivity contribution in [2.75, 3.05) is 31.6 Å². The zero-order valence-electron chi connectivity index (χ0n) is 13.2. The Kier molecular flexibility index (Phi) is 7.61. The summed E-state index contributed by atoms with van der Waals surface area (Å²) in [6.07, 6.45) is 1.76. The van der Waals surface area contributed by atoms with Crippen molar-refractivity contribution in [1.29, 1.82) is 0 Å². The number of carbonyl (C=O) groups excluding carboxylic acids is 1. The monoisotopic (exact) mass is 294 g/mol. The molecule has 0 aromatic heterocycles. The molecule has 21 heavy (non-hydrogen) atoms. The fraction of sp³-hybridized carbons (Fsp3) is 0.562. The number of nitrogens with zero attached hydrogens (tertiary/aromatic N) is 1. The second-order valence-electron chi connectivity index (χ2n) is 4.99. The Morgan fingerprint density at radius 3 is 2.67 bits per heavy atom. The number of carbonyl (C=O) groups is 1. The predicted molar refractivity (Wildman–Crippen MR) is 84.9 cm³/mol. The van der Waals surface area contributed by atoms with Crippen LogP contribution in [0.15, 0.2) is 18.2 Å². The van der Waals surface area contributed by atoms with Crippen molar-refractivity contribution in [3.8, 4) is 5.75 Å². The van der Waals surface area contributed by atoms with Crippen molar-refractivity contribution in [2.24, 2.45) is 0 Å². The van der Waals surface area contributed by atoms with Gasteiger partial charge in [0.15, 0.2) is 0 Å². The van der Waals surface area contributed by atoms with Crippen LogP contribution in [-0.4, -0.2) is 42.3 Å². The average molecular weight is 294 g/mol. The Morgan fingerprint density at radius 2 is 2.05 bits per heavy atom. The fourth-order valence-electron chi connectivity index (χ4n) is 1.96. The molecule has 0 atom stereocenters. The van der Waals surface area contributed by atoms with E-state index in [0.29, 0.717) is 31.1 Å². The van der Waals surface area contributed by atoms with Gasteiger partial charge in [0.2, 0.25) is 0 Å². The van der Waals surface area contributed by atoms with Gasteiger partial charge in [-0.05, 0) is 37.5 Å². The molecule has 0 saturated heterocycles. The highest BCUT2D eigenvalue weighted by Gasteiger charge is 2.14. The van der Waals surface area contributed by atoms with Crippen molar-refractivity contribution in [3.05, 3.63) is 23.8 Å². The molecular weight excluding hydrogens is 268 g/mol. The summed E-state index contributed by atoms with van der Waals surface area (Å²) >= 11 is 0. The van der Waals surface area contributed by atoms with E-state index in [-0.39, 0.29) is 12.6 Å². The first kappa shape index (κ1) is 17.3. The summed E-state index contributed by atoms with van der Waals surface area (Å²) < 4.78 is 5.69. The van der Waals surface area contributed by atoms with Crippen LogP contribution in [0.4, 0.5) is 10.5 Å². The number of rotatable bonds is 8. The van der Waals surface area contributed by atoms with Crippen LogP contribution in [0.25, 0.3) is 0 Å². The molecule has 0 aliphatic heterocycles. The number of benzene rings is 1. The Hall–Kier alpha value is -1.75. The molecule has 0 saturated carbocycles. The van der Waals surface area contributed by atoms with Crippen molar-refractivity contribution >= 4 is 11.7 Å². The number of aliphatic hydroxyl groups is 1. The summed E-state index contributed by atoms with van der Waals surface area (Å²) in [6.45, 7) is 7.54. The topological polar surface area (TPSA) is 61.8 Å². The lowest BCUT2D eigenvalue weighted by Crippen LogP contribution is -2.37. The predicted octanol–water partition coefficient (Wildman–Crippen LogP) is 3.02. The first-order chi connectivity index (χ1) is 10.1. The van der Waals surface area contributed by atoms with Crippen LogP contribution in [0, 0.1) is 6.92 Å². The van der Waals surface area contributed by atoms with E-state index in [9.17, 15) is 4.79 Å². The van der Waals surface area contributed by atoms with E-state index in [0.717, 1.165) is 18.4 Å². The van der Waals surface area contributed by atoms with Gasteiger partial charge < -0.3 is 20.1 Å². The van der Waals surface area contributed by atoms with Gasteiger partial charge in [0.05, 0.1) is 18.9 Å². The Balaban J connectivity index is 2.82. The normalized spacial score (nSPS) is 10.3. The van der Waals surface area contributed by atoms with Crippen LogP contribution in [0.1, 0.15) is 32.3 Å². The molecule has 0 unspecified atom stereocenters. The highest BCUT2D eigenvalue weighted by atomic mass is 16.5. The molecule has 1 rings (SSSR count). The summed E-state index contributed by atoms with van der Waals surface area (Å²) in [6, 6.07) is 5.49. The summed E-state index contributed by atoms with van der Waals surface area (Å²) in [7, 11) is 0. The molecule has 2 amide bonds. The number of ether oxygens (including phenoxy) is 1. The van der Waals surface area contributed by atoms with E-state index < -0.39 is 0 Å². The van der Waals surface area contributed by atoms with Crippen LogP contribution in [-0.2, 0) is 0 Å². The number of anilines is 1. The smallest absolute Gasteiger partial charge is 0.322 e. The number of nitrogens with one attached hydrogen (secondary N) is 1. The van der Waals surface area contributed by atoms with Crippen LogP contribution in [0.5, 0.6) is 5.75 Å². The first-order valence-corrected chi connectivity index (χ1v) is 7.52. The number of hydrogen-bond acceptors (Lipinski definition) is 3. The van der Waals surface area contributed by atoms with Gasteiger partial charge in [-0.25, -0.2) is 4.79 Å². The maximum atomic E-state index is 12.3. The maximum absolute atomic E-state index is 12.3. The van der Waals surface area contributed by atoms with E-state index in [1.54, 1.807) is 4.90 Å². The molecule has 5 nitrogen and oxygen atoms in total. The Labute approximate surface area is 126 Å². The first-order valence-electron chi connectivity index (χ1n) is 7.52. The lowest BCUT2D eigenvalue weighted by molar-refractivity contribution is 0.188. The molecular formula is C16H26N2O3. The summed E-state index contributed by atoms with van der Waals surface area (Å²) in [5.74, 6) is 0.686. The highest BCUT2D eigenvalue weighted by Crippen LogP contribution is 2.26. The van der Waals surface area contributed by atoms with Gasteiger partial charge in [-0.1, -0.05) is 19.9 Å². The Bertz CT molecular complexity index is 443. The van der Waals surface area contributed by atoms with Crippen LogP contribution >= 0.6 is 0 Å². The van der Waals surface area contributed by atoms with Gasteiger partial charge in [-0.3, -0.25) is 0 Å². The molecule has 2 N–H and O–H groups in total. The van der Waals surface area contributed by atoms with E-state index in [4.69, 9.17) is 9.84 Å². The van der Waals surface area contributed by atoms with E-state index in [2.05, 4.69) is 5.32 Å². The van der Waals surface area contributed by atoms with Gasteiger partial charge in [-0.15, -0.1) is 0 Å². The minimum absolute atomic E-state index is 0.0412. The molecule has 0 fully saturated rings. The summed E-state index contributed by atoms with van der Waals surface area (Å²) in [5.41, 5.74) is 1.75. The molecule has 0 aliphatic carbocycles. The van der Waals surface area contributed by atoms with Gasteiger partial charge in [0.1, 0.15) is 5.75 Å². The minimum atomic E-state index is -0.212. The summed E-state index contributed by atoms with van der Waals surface area (Å²) in [5, 5.41) is 11.9. The molecule has 0 heterocycles. The van der Waals surface area contributed by atoms with Gasteiger partial charge >= 0.3 is 6.03 Å². The van der Waals surface area contributed by atoms with Crippen LogP contribution in [0.3, 0.4) is 0 Å². The largest absolute Gasteiger partial charge is 0.491 e. The molecule has 1 aromatic rings. The average Bonchev–Trinajstić information content (AvgIpc) is 2.47. The van der Waals surface area contributed by atoms with Gasteiger partial charge in [-0.2, -0.15) is 0 Å². The standard InChI is InChI=1S/C16H26N2O3/c1-4-8-18(9-10-19)16(20)17-14-7-6-13(3)12-15(14)21-11-5-2/h6-7,12,19H,4-5,8-11H2,1-3H3,(H,17,20). The van der Waals surface area contributed by atoms with Gasteiger partial charge in [0.25, 0.3) is 0 Å². The van der Waals surface area contributed by atoms with Crippen molar-refractivity contribution in [3.63, 3.8) is 0 Å². The SMILES string of the molecule is CCCOc1cc(C)ccc1NC(=O)N(CCC)CCO. The van der Waals surface area contributed by atoms with Gasteiger partial charge in [0, 0.05) is 13.1 Å². The third kappa shape index (κ3) is 5.63. The molecule has 0 radical (unpaired) electrons. The fourth-order valence-corrected chi connectivity index (χ4v) is 1.96. The molecule has 0 bridgehead atoms. The zero-order chi connectivity index (χ0) is 15.7. The third-order valence-corrected chi connectivity index (χ3v) is 2.99. The summed E-state index contributed by atoms with van der Waals surface area (Å²) in [4.78, 5) is 13.9. The Morgan fingerprint density at radius 1 is 1.29 bits per heavy atom. The lowest BCUT2D eigenvalue weighted by Gasteiger charge is -2.22. The number of amides is 2. The van der Waals surface area contributed by atoms with Crippen molar-refractivity contribution in [2.45, 2.75) is 33.6 Å². The number of hydrogen-bond donors (Lipinski definition) is 2. The maximum Gasteiger partial charge on any atom is 0.322 e. The third-order valence-electron chi connectivity index (χ3n) is 2.99.